The highest BCUT2D eigenvalue weighted by atomic mass is 16.4. The van der Waals surface area contributed by atoms with Crippen molar-refractivity contribution in [1.82, 2.24) is 5.32 Å². The molecule has 1 atom stereocenters. The molecule has 1 amide bonds. The number of nitrogens with one attached hydrogen (secondary N) is 1. The van der Waals surface area contributed by atoms with E-state index < -0.39 is 5.97 Å². The first kappa shape index (κ1) is 17.0. The summed E-state index contributed by atoms with van der Waals surface area (Å²) < 4.78 is 0. The van der Waals surface area contributed by atoms with Crippen LogP contribution in [-0.4, -0.2) is 37.6 Å². The fourth-order valence-electron chi connectivity index (χ4n) is 1.96. The Morgan fingerprint density at radius 2 is 1.81 bits per heavy atom. The summed E-state index contributed by atoms with van der Waals surface area (Å²) in [6.45, 7) is 2.57. The van der Waals surface area contributed by atoms with E-state index in [-0.39, 0.29) is 18.2 Å². The molecular formula is C16H24N2O3. The Bertz CT molecular complexity index is 469. The molecule has 5 nitrogen and oxygen atoms in total. The van der Waals surface area contributed by atoms with Gasteiger partial charge in [-0.2, -0.15) is 0 Å². The van der Waals surface area contributed by atoms with Crippen LogP contribution in [0.3, 0.4) is 0 Å². The van der Waals surface area contributed by atoms with Crippen molar-refractivity contribution in [3.8, 4) is 0 Å². The van der Waals surface area contributed by atoms with E-state index in [1.165, 1.54) is 0 Å². The van der Waals surface area contributed by atoms with E-state index in [9.17, 15) is 9.59 Å². The predicted octanol–water partition coefficient (Wildman–Crippen LogP) is 2.37. The zero-order valence-electron chi connectivity index (χ0n) is 12.9. The van der Waals surface area contributed by atoms with Crippen LogP contribution in [0, 0.1) is 5.92 Å². The summed E-state index contributed by atoms with van der Waals surface area (Å²) in [7, 11) is 3.90. The van der Waals surface area contributed by atoms with Crippen LogP contribution in [0.4, 0.5) is 5.69 Å². The number of hydrogen-bond acceptors (Lipinski definition) is 3. The van der Waals surface area contributed by atoms with Crippen molar-refractivity contribution < 1.29 is 14.7 Å². The van der Waals surface area contributed by atoms with Crippen LogP contribution in [0.15, 0.2) is 24.3 Å². The fourth-order valence-corrected chi connectivity index (χ4v) is 1.96. The fraction of sp³-hybridized carbons (Fsp3) is 0.500. The van der Waals surface area contributed by atoms with Crippen molar-refractivity contribution in [2.75, 3.05) is 25.5 Å². The van der Waals surface area contributed by atoms with Gasteiger partial charge in [-0.3, -0.25) is 9.59 Å². The van der Waals surface area contributed by atoms with E-state index in [2.05, 4.69) is 5.32 Å². The number of rotatable bonds is 8. The Morgan fingerprint density at radius 1 is 1.19 bits per heavy atom. The smallest absolute Gasteiger partial charge is 0.303 e. The molecule has 2 N–H and O–H groups in total. The molecule has 1 rings (SSSR count). The third-order valence-electron chi connectivity index (χ3n) is 3.42. The summed E-state index contributed by atoms with van der Waals surface area (Å²) >= 11 is 0. The minimum absolute atomic E-state index is 0.0919. The van der Waals surface area contributed by atoms with Gasteiger partial charge in [0.05, 0.1) is 0 Å². The molecule has 0 saturated heterocycles. The standard InChI is InChI=1S/C16H24N2O3/c1-12(4-9-15(19)20)10-11-17-16(21)13-5-7-14(8-6-13)18(2)3/h5-8,12H,4,9-11H2,1-3H3,(H,17,21)(H,19,20). The average molecular weight is 292 g/mol. The molecule has 0 aliphatic carbocycles. The van der Waals surface area contributed by atoms with E-state index in [4.69, 9.17) is 5.11 Å². The number of carbonyl (C=O) groups excluding carboxylic acids is 1. The van der Waals surface area contributed by atoms with Crippen molar-refractivity contribution in [3.05, 3.63) is 29.8 Å². The predicted molar refractivity (Wildman–Crippen MR) is 83.8 cm³/mol. The topological polar surface area (TPSA) is 69.6 Å². The molecule has 116 valence electrons. The van der Waals surface area contributed by atoms with Crippen LogP contribution in [0.25, 0.3) is 0 Å². The van der Waals surface area contributed by atoms with Crippen molar-refractivity contribution >= 4 is 17.6 Å². The van der Waals surface area contributed by atoms with Gasteiger partial charge in [-0.15, -0.1) is 0 Å². The second-order valence-corrected chi connectivity index (χ2v) is 5.52. The molecule has 21 heavy (non-hydrogen) atoms. The van der Waals surface area contributed by atoms with Crippen LogP contribution < -0.4 is 10.2 Å². The van der Waals surface area contributed by atoms with Crippen molar-refractivity contribution in [3.63, 3.8) is 0 Å². The summed E-state index contributed by atoms with van der Waals surface area (Å²) in [6, 6.07) is 7.42. The second-order valence-electron chi connectivity index (χ2n) is 5.52. The average Bonchev–Trinajstić information content (AvgIpc) is 2.45. The lowest BCUT2D eigenvalue weighted by Gasteiger charge is -2.13. The number of amides is 1. The van der Waals surface area contributed by atoms with E-state index in [0.717, 1.165) is 12.1 Å². The maximum Gasteiger partial charge on any atom is 0.303 e. The van der Waals surface area contributed by atoms with Crippen LogP contribution in [-0.2, 0) is 4.79 Å². The van der Waals surface area contributed by atoms with Gasteiger partial charge in [0, 0.05) is 38.3 Å². The Balaban J connectivity index is 2.35. The number of hydrogen-bond donors (Lipinski definition) is 2. The molecule has 1 aromatic carbocycles. The molecule has 0 aliphatic rings. The summed E-state index contributed by atoms with van der Waals surface area (Å²) in [5.74, 6) is -0.574. The van der Waals surface area contributed by atoms with Crippen LogP contribution in [0.1, 0.15) is 36.5 Å². The van der Waals surface area contributed by atoms with Crippen molar-refractivity contribution in [2.24, 2.45) is 5.92 Å². The lowest BCUT2D eigenvalue weighted by molar-refractivity contribution is -0.137. The lowest BCUT2D eigenvalue weighted by atomic mass is 10.0. The van der Waals surface area contributed by atoms with E-state index in [0.29, 0.717) is 18.5 Å². The molecular weight excluding hydrogens is 268 g/mol. The Labute approximate surface area is 126 Å². The maximum absolute atomic E-state index is 12.0. The molecule has 0 bridgehead atoms. The summed E-state index contributed by atoms with van der Waals surface area (Å²) in [5, 5.41) is 11.5. The van der Waals surface area contributed by atoms with Gasteiger partial charge >= 0.3 is 5.97 Å². The van der Waals surface area contributed by atoms with Gasteiger partial charge in [0.15, 0.2) is 0 Å². The molecule has 5 heteroatoms. The van der Waals surface area contributed by atoms with E-state index in [1.807, 2.05) is 38.1 Å². The van der Waals surface area contributed by atoms with Gasteiger partial charge in [-0.05, 0) is 43.0 Å². The molecule has 0 fully saturated rings. The summed E-state index contributed by atoms with van der Waals surface area (Å²) in [6.07, 6.45) is 1.61. The molecule has 1 unspecified atom stereocenters. The molecule has 0 spiro atoms. The van der Waals surface area contributed by atoms with Crippen LogP contribution in [0.5, 0.6) is 0 Å². The quantitative estimate of drug-likeness (QED) is 0.772. The number of nitrogens with zero attached hydrogens (tertiary/aromatic N) is 1. The molecule has 0 saturated carbocycles. The van der Waals surface area contributed by atoms with Gasteiger partial charge in [0.2, 0.25) is 0 Å². The van der Waals surface area contributed by atoms with Gasteiger partial charge in [0.25, 0.3) is 5.91 Å². The largest absolute Gasteiger partial charge is 0.481 e. The third kappa shape index (κ3) is 6.29. The first-order chi connectivity index (χ1) is 9.90. The monoisotopic (exact) mass is 292 g/mol. The zero-order valence-corrected chi connectivity index (χ0v) is 12.9. The normalized spacial score (nSPS) is 11.8. The minimum atomic E-state index is -0.771. The minimum Gasteiger partial charge on any atom is -0.481 e. The SMILES string of the molecule is CC(CCNC(=O)c1ccc(N(C)C)cc1)CCC(=O)O. The van der Waals surface area contributed by atoms with Gasteiger partial charge in [-0.25, -0.2) is 0 Å². The molecule has 1 aromatic rings. The highest BCUT2D eigenvalue weighted by Crippen LogP contribution is 2.12. The zero-order chi connectivity index (χ0) is 15.8. The Hall–Kier alpha value is -2.04. The number of aliphatic carboxylic acids is 1. The molecule has 0 heterocycles. The third-order valence-corrected chi connectivity index (χ3v) is 3.42. The van der Waals surface area contributed by atoms with Gasteiger partial charge < -0.3 is 15.3 Å². The number of benzene rings is 1. The number of anilines is 1. The first-order valence-corrected chi connectivity index (χ1v) is 7.17. The molecule has 0 aliphatic heterocycles. The lowest BCUT2D eigenvalue weighted by Crippen LogP contribution is -2.25. The van der Waals surface area contributed by atoms with Gasteiger partial charge in [0.1, 0.15) is 0 Å². The highest BCUT2D eigenvalue weighted by molar-refractivity contribution is 5.94. The van der Waals surface area contributed by atoms with Crippen LogP contribution in [0.2, 0.25) is 0 Å². The number of carboxylic acids is 1. The Morgan fingerprint density at radius 3 is 2.33 bits per heavy atom. The highest BCUT2D eigenvalue weighted by Gasteiger charge is 2.08. The molecule has 0 aromatic heterocycles. The maximum atomic E-state index is 12.0. The summed E-state index contributed by atoms with van der Waals surface area (Å²) in [5.41, 5.74) is 1.69. The molecule has 0 radical (unpaired) electrons. The van der Waals surface area contributed by atoms with Crippen LogP contribution >= 0.6 is 0 Å². The second kappa shape index (κ2) is 8.29. The Kier molecular flexibility index (Phi) is 6.72. The van der Waals surface area contributed by atoms with Crippen molar-refractivity contribution in [2.45, 2.75) is 26.2 Å². The van der Waals surface area contributed by atoms with Crippen molar-refractivity contribution in [1.29, 1.82) is 0 Å². The number of carboxylic acid groups (broad SMARTS) is 1. The number of carbonyl (C=O) groups is 2. The van der Waals surface area contributed by atoms with E-state index >= 15 is 0 Å². The summed E-state index contributed by atoms with van der Waals surface area (Å²) in [4.78, 5) is 24.4. The first-order valence-electron chi connectivity index (χ1n) is 7.17. The van der Waals surface area contributed by atoms with E-state index in [1.54, 1.807) is 12.1 Å². The van der Waals surface area contributed by atoms with Gasteiger partial charge in [-0.1, -0.05) is 6.92 Å².